The summed E-state index contributed by atoms with van der Waals surface area (Å²) in [7, 11) is 0. The molecule has 1 amide bonds. The third-order valence-electron chi connectivity index (χ3n) is 2.37. The summed E-state index contributed by atoms with van der Waals surface area (Å²) in [5.74, 6) is 0.0658. The van der Waals surface area contributed by atoms with E-state index >= 15 is 0 Å². The first-order chi connectivity index (χ1) is 6.91. The van der Waals surface area contributed by atoms with Crippen LogP contribution in [-0.2, 0) is 4.79 Å². The van der Waals surface area contributed by atoms with Crippen LogP contribution in [0.2, 0.25) is 0 Å². The lowest BCUT2D eigenvalue weighted by molar-refractivity contribution is -0.135. The number of rotatable bonds is 5. The number of carbonyl (C=O) groups is 1. The zero-order valence-corrected chi connectivity index (χ0v) is 10.0. The maximum atomic E-state index is 11.9. The zero-order valence-electron chi connectivity index (χ0n) is 10.0. The fourth-order valence-corrected chi connectivity index (χ4v) is 1.27. The van der Waals surface area contributed by atoms with Crippen LogP contribution >= 0.6 is 0 Å². The second kappa shape index (κ2) is 6.41. The maximum absolute atomic E-state index is 11.9. The van der Waals surface area contributed by atoms with E-state index in [9.17, 15) is 4.79 Å². The van der Waals surface area contributed by atoms with E-state index in [-0.39, 0.29) is 17.9 Å². The number of hydrogen-bond acceptors (Lipinski definition) is 3. The minimum absolute atomic E-state index is 0.0600. The fourth-order valence-electron chi connectivity index (χ4n) is 1.27. The molecule has 0 aliphatic heterocycles. The van der Waals surface area contributed by atoms with Crippen LogP contribution in [0.3, 0.4) is 0 Å². The molecule has 86 valence electrons. The number of hydrogen-bond donors (Lipinski definition) is 1. The Kier molecular flexibility index (Phi) is 5.95. The first-order valence-electron chi connectivity index (χ1n) is 5.34. The van der Waals surface area contributed by atoms with Crippen molar-refractivity contribution in [2.45, 2.75) is 46.2 Å². The van der Waals surface area contributed by atoms with Crippen LogP contribution in [0.1, 0.15) is 34.1 Å². The summed E-state index contributed by atoms with van der Waals surface area (Å²) in [6.45, 7) is 8.18. The molecule has 0 aromatic rings. The second-order valence-electron chi connectivity index (χ2n) is 4.30. The molecule has 0 bridgehead atoms. The summed E-state index contributed by atoms with van der Waals surface area (Å²) in [6.07, 6.45) is 0.356. The van der Waals surface area contributed by atoms with E-state index < -0.39 is 6.04 Å². The van der Waals surface area contributed by atoms with Crippen LogP contribution in [-0.4, -0.2) is 29.4 Å². The van der Waals surface area contributed by atoms with E-state index in [1.165, 1.54) is 0 Å². The number of nitriles is 1. The Morgan fingerprint density at radius 2 is 1.93 bits per heavy atom. The molecule has 0 aliphatic rings. The first kappa shape index (κ1) is 13.9. The van der Waals surface area contributed by atoms with Crippen LogP contribution in [0.15, 0.2) is 0 Å². The van der Waals surface area contributed by atoms with Gasteiger partial charge in [0.25, 0.3) is 0 Å². The average molecular weight is 211 g/mol. The molecule has 0 saturated carbocycles. The van der Waals surface area contributed by atoms with Crippen molar-refractivity contribution in [1.82, 2.24) is 4.90 Å². The Morgan fingerprint density at radius 3 is 2.27 bits per heavy atom. The van der Waals surface area contributed by atoms with Crippen LogP contribution in [0.25, 0.3) is 0 Å². The van der Waals surface area contributed by atoms with E-state index in [0.717, 1.165) is 0 Å². The highest BCUT2D eigenvalue weighted by atomic mass is 16.2. The van der Waals surface area contributed by atoms with Gasteiger partial charge in [-0.15, -0.1) is 0 Å². The molecule has 0 aromatic heterocycles. The second-order valence-corrected chi connectivity index (χ2v) is 4.30. The quantitative estimate of drug-likeness (QED) is 0.740. The predicted octanol–water partition coefficient (Wildman–Crippen LogP) is 1.12. The Balaban J connectivity index is 4.49. The minimum Gasteiger partial charge on any atom is -0.338 e. The molecule has 1 unspecified atom stereocenters. The molecular formula is C11H21N3O. The Labute approximate surface area is 92.0 Å². The van der Waals surface area contributed by atoms with Gasteiger partial charge < -0.3 is 10.6 Å². The summed E-state index contributed by atoms with van der Waals surface area (Å²) in [4.78, 5) is 13.6. The van der Waals surface area contributed by atoms with Gasteiger partial charge in [0.05, 0.1) is 18.5 Å². The van der Waals surface area contributed by atoms with Gasteiger partial charge in [0.15, 0.2) is 0 Å². The summed E-state index contributed by atoms with van der Waals surface area (Å²) >= 11 is 0. The van der Waals surface area contributed by atoms with Gasteiger partial charge >= 0.3 is 0 Å². The van der Waals surface area contributed by atoms with E-state index in [0.29, 0.717) is 13.0 Å². The van der Waals surface area contributed by atoms with Crippen LogP contribution < -0.4 is 5.73 Å². The van der Waals surface area contributed by atoms with E-state index in [1.54, 1.807) is 4.90 Å². The van der Waals surface area contributed by atoms with Gasteiger partial charge in [0.2, 0.25) is 5.91 Å². The van der Waals surface area contributed by atoms with E-state index in [1.807, 2.05) is 33.8 Å². The standard InChI is InChI=1S/C11H21N3O/c1-8(2)10(13)11(15)14(9(3)4)7-5-6-12/h8-10H,5,7,13H2,1-4H3. The molecule has 2 N–H and O–H groups in total. The SMILES string of the molecule is CC(C)C(N)C(=O)N(CCC#N)C(C)C. The van der Waals surface area contributed by atoms with Gasteiger partial charge in [0, 0.05) is 12.6 Å². The highest BCUT2D eigenvalue weighted by Gasteiger charge is 2.24. The molecule has 4 nitrogen and oxygen atoms in total. The van der Waals surface area contributed by atoms with Gasteiger partial charge in [-0.25, -0.2) is 0 Å². The monoisotopic (exact) mass is 211 g/mol. The van der Waals surface area contributed by atoms with Gasteiger partial charge in [-0.3, -0.25) is 4.79 Å². The van der Waals surface area contributed by atoms with Crippen molar-refractivity contribution >= 4 is 5.91 Å². The molecule has 0 saturated heterocycles. The number of amides is 1. The summed E-state index contributed by atoms with van der Waals surface area (Å²) < 4.78 is 0. The zero-order chi connectivity index (χ0) is 12.0. The van der Waals surface area contributed by atoms with Crippen molar-refractivity contribution in [3.63, 3.8) is 0 Å². The number of nitrogens with two attached hydrogens (primary N) is 1. The van der Waals surface area contributed by atoms with Gasteiger partial charge in [-0.05, 0) is 19.8 Å². The van der Waals surface area contributed by atoms with E-state index in [4.69, 9.17) is 11.0 Å². The molecule has 0 aliphatic carbocycles. The highest BCUT2D eigenvalue weighted by Crippen LogP contribution is 2.07. The van der Waals surface area contributed by atoms with Gasteiger partial charge in [-0.2, -0.15) is 5.26 Å². The molecule has 4 heteroatoms. The van der Waals surface area contributed by atoms with Crippen molar-refractivity contribution in [3.8, 4) is 6.07 Å². The lowest BCUT2D eigenvalue weighted by atomic mass is 10.0. The topological polar surface area (TPSA) is 70.1 Å². The third-order valence-corrected chi connectivity index (χ3v) is 2.37. The number of carbonyl (C=O) groups excluding carboxylic acids is 1. The summed E-state index contributed by atoms with van der Waals surface area (Å²) in [5.41, 5.74) is 5.80. The van der Waals surface area contributed by atoms with Crippen LogP contribution in [0.4, 0.5) is 0 Å². The van der Waals surface area contributed by atoms with Gasteiger partial charge in [-0.1, -0.05) is 13.8 Å². The Hall–Kier alpha value is -1.08. The number of nitrogens with zero attached hydrogens (tertiary/aromatic N) is 2. The summed E-state index contributed by atoms with van der Waals surface area (Å²) in [5, 5.41) is 8.51. The molecule has 0 heterocycles. The highest BCUT2D eigenvalue weighted by molar-refractivity contribution is 5.82. The minimum atomic E-state index is -0.467. The van der Waals surface area contributed by atoms with Crippen LogP contribution in [0, 0.1) is 17.2 Å². The largest absolute Gasteiger partial charge is 0.338 e. The Morgan fingerprint density at radius 1 is 1.40 bits per heavy atom. The third kappa shape index (κ3) is 4.30. The molecule has 0 fully saturated rings. The first-order valence-corrected chi connectivity index (χ1v) is 5.34. The van der Waals surface area contributed by atoms with Crippen molar-refractivity contribution in [2.24, 2.45) is 11.7 Å². The molecule has 0 radical (unpaired) electrons. The fraction of sp³-hybridized carbons (Fsp3) is 0.818. The van der Waals surface area contributed by atoms with Crippen molar-refractivity contribution in [3.05, 3.63) is 0 Å². The molecule has 0 rings (SSSR count). The molecular weight excluding hydrogens is 190 g/mol. The lowest BCUT2D eigenvalue weighted by Gasteiger charge is -2.29. The lowest BCUT2D eigenvalue weighted by Crippen LogP contribution is -2.49. The molecule has 0 aromatic carbocycles. The molecule has 0 spiro atoms. The average Bonchev–Trinajstić information content (AvgIpc) is 2.16. The van der Waals surface area contributed by atoms with Crippen LogP contribution in [0.5, 0.6) is 0 Å². The predicted molar refractivity (Wildman–Crippen MR) is 59.9 cm³/mol. The summed E-state index contributed by atoms with van der Waals surface area (Å²) in [6, 6.07) is 1.67. The van der Waals surface area contributed by atoms with Crippen molar-refractivity contribution in [1.29, 1.82) is 5.26 Å². The maximum Gasteiger partial charge on any atom is 0.240 e. The van der Waals surface area contributed by atoms with E-state index in [2.05, 4.69) is 0 Å². The van der Waals surface area contributed by atoms with Gasteiger partial charge in [0.1, 0.15) is 0 Å². The molecule has 1 atom stereocenters. The van der Waals surface area contributed by atoms with Crippen molar-refractivity contribution in [2.75, 3.05) is 6.54 Å². The van der Waals surface area contributed by atoms with Crippen molar-refractivity contribution < 1.29 is 4.79 Å². The molecule has 15 heavy (non-hydrogen) atoms. The Bertz CT molecular complexity index is 243. The normalized spacial score (nSPS) is 12.7. The smallest absolute Gasteiger partial charge is 0.240 e.